The van der Waals surface area contributed by atoms with Gasteiger partial charge in [-0.3, -0.25) is 4.79 Å². The molecule has 0 heterocycles. The van der Waals surface area contributed by atoms with Crippen LogP contribution in [0.15, 0.2) is 29.2 Å². The Morgan fingerprint density at radius 3 is 2.57 bits per heavy atom. The van der Waals surface area contributed by atoms with Crippen molar-refractivity contribution in [3.63, 3.8) is 0 Å². The molecule has 1 aromatic carbocycles. The fourth-order valence-electron chi connectivity index (χ4n) is 3.04. The van der Waals surface area contributed by atoms with Gasteiger partial charge >= 0.3 is 0 Å². The second kappa shape index (κ2) is 7.47. The van der Waals surface area contributed by atoms with Crippen LogP contribution in [0.1, 0.15) is 25.7 Å². The number of hydrogen-bond donors (Lipinski definition) is 2. The minimum atomic E-state index is -3.52. The number of phenolic OH excluding ortho intramolecular Hbond substituents is 1. The predicted octanol–water partition coefficient (Wildman–Crippen LogP) is 1.61. The van der Waals surface area contributed by atoms with Crippen molar-refractivity contribution in [3.8, 4) is 11.8 Å². The molecule has 1 aliphatic carbocycles. The van der Waals surface area contributed by atoms with E-state index in [1.165, 1.54) is 24.3 Å². The molecule has 0 aromatic heterocycles. The van der Waals surface area contributed by atoms with Crippen LogP contribution in [0.5, 0.6) is 5.75 Å². The molecule has 0 bridgehead atoms. The third kappa shape index (κ3) is 4.45. The number of sulfone groups is 1. The summed E-state index contributed by atoms with van der Waals surface area (Å²) in [5.41, 5.74) is 0. The standard InChI is InChI=1S/C16H20N2O4S/c17-9-10-18-16(20)15-4-2-1-3-12(15)11-23(21,22)14-7-5-13(19)6-8-14/h5-8,12,15,19H,1-4,10-11H2,(H,18,20)/t12-,15+/m1/s1. The first-order valence-corrected chi connectivity index (χ1v) is 9.25. The number of hydrogen-bond acceptors (Lipinski definition) is 5. The molecular formula is C16H20N2O4S. The molecule has 1 saturated carbocycles. The molecule has 1 fully saturated rings. The molecule has 7 heteroatoms. The number of phenols is 1. The number of benzene rings is 1. The number of nitrogens with one attached hydrogen (secondary N) is 1. The van der Waals surface area contributed by atoms with Gasteiger partial charge in [0.05, 0.1) is 16.7 Å². The summed E-state index contributed by atoms with van der Waals surface area (Å²) in [7, 11) is -3.52. The van der Waals surface area contributed by atoms with Crippen LogP contribution in [-0.4, -0.2) is 31.7 Å². The summed E-state index contributed by atoms with van der Waals surface area (Å²) in [4.78, 5) is 12.3. The van der Waals surface area contributed by atoms with Gasteiger partial charge in [0, 0.05) is 5.92 Å². The first kappa shape index (κ1) is 17.3. The molecule has 1 aromatic rings. The van der Waals surface area contributed by atoms with E-state index in [4.69, 9.17) is 5.26 Å². The Bertz CT molecular complexity index is 692. The summed E-state index contributed by atoms with van der Waals surface area (Å²) >= 11 is 0. The predicted molar refractivity (Wildman–Crippen MR) is 84.2 cm³/mol. The molecule has 0 saturated heterocycles. The normalized spacial score (nSPS) is 21.3. The number of aromatic hydroxyl groups is 1. The average molecular weight is 336 g/mol. The van der Waals surface area contributed by atoms with Crippen LogP contribution in [-0.2, 0) is 14.6 Å². The lowest BCUT2D eigenvalue weighted by molar-refractivity contribution is -0.127. The highest BCUT2D eigenvalue weighted by atomic mass is 32.2. The Morgan fingerprint density at radius 2 is 1.91 bits per heavy atom. The number of rotatable bonds is 5. The van der Waals surface area contributed by atoms with Gasteiger partial charge in [0.25, 0.3) is 0 Å². The minimum absolute atomic E-state index is 0.00961. The van der Waals surface area contributed by atoms with Crippen molar-refractivity contribution >= 4 is 15.7 Å². The van der Waals surface area contributed by atoms with E-state index in [0.717, 1.165) is 12.8 Å². The van der Waals surface area contributed by atoms with Crippen LogP contribution >= 0.6 is 0 Å². The quantitative estimate of drug-likeness (QED) is 0.794. The zero-order chi connectivity index (χ0) is 16.9. The van der Waals surface area contributed by atoms with Crippen molar-refractivity contribution in [2.24, 2.45) is 11.8 Å². The summed E-state index contributed by atoms with van der Waals surface area (Å²) < 4.78 is 25.1. The maximum Gasteiger partial charge on any atom is 0.224 e. The van der Waals surface area contributed by atoms with Crippen LogP contribution in [0.4, 0.5) is 0 Å². The molecule has 124 valence electrons. The molecule has 1 aliphatic rings. The van der Waals surface area contributed by atoms with Crippen molar-refractivity contribution in [2.45, 2.75) is 30.6 Å². The van der Waals surface area contributed by atoms with Gasteiger partial charge < -0.3 is 10.4 Å². The van der Waals surface area contributed by atoms with E-state index in [1.807, 2.05) is 6.07 Å². The molecule has 2 atom stereocenters. The Morgan fingerprint density at radius 1 is 1.26 bits per heavy atom. The lowest BCUT2D eigenvalue weighted by atomic mass is 9.80. The summed E-state index contributed by atoms with van der Waals surface area (Å²) in [6, 6.07) is 7.28. The van der Waals surface area contributed by atoms with Gasteiger partial charge in [0.15, 0.2) is 9.84 Å². The van der Waals surface area contributed by atoms with Crippen molar-refractivity contribution < 1.29 is 18.3 Å². The fraction of sp³-hybridized carbons (Fsp3) is 0.500. The van der Waals surface area contributed by atoms with Crippen molar-refractivity contribution in [2.75, 3.05) is 12.3 Å². The van der Waals surface area contributed by atoms with E-state index >= 15 is 0 Å². The first-order valence-electron chi connectivity index (χ1n) is 7.60. The summed E-state index contributed by atoms with van der Waals surface area (Å²) in [5.74, 6) is -0.944. The summed E-state index contributed by atoms with van der Waals surface area (Å²) in [6.07, 6.45) is 3.12. The van der Waals surface area contributed by atoms with Crippen LogP contribution in [0.2, 0.25) is 0 Å². The molecule has 0 aliphatic heterocycles. The highest BCUT2D eigenvalue weighted by Crippen LogP contribution is 2.32. The average Bonchev–Trinajstić information content (AvgIpc) is 2.53. The maximum absolute atomic E-state index is 12.5. The Hall–Kier alpha value is -2.07. The number of amides is 1. The van der Waals surface area contributed by atoms with E-state index in [9.17, 15) is 18.3 Å². The summed E-state index contributed by atoms with van der Waals surface area (Å²) in [5, 5.41) is 20.4. The molecule has 2 rings (SSSR count). The van der Waals surface area contributed by atoms with Crippen molar-refractivity contribution in [1.82, 2.24) is 5.32 Å². The molecular weight excluding hydrogens is 316 g/mol. The van der Waals surface area contributed by atoms with Crippen LogP contribution in [0.3, 0.4) is 0 Å². The molecule has 0 spiro atoms. The molecule has 0 radical (unpaired) electrons. The third-order valence-corrected chi connectivity index (χ3v) is 6.07. The molecule has 1 amide bonds. The lowest BCUT2D eigenvalue weighted by Gasteiger charge is -2.30. The summed E-state index contributed by atoms with van der Waals surface area (Å²) in [6.45, 7) is -0.0627. The second-order valence-electron chi connectivity index (χ2n) is 5.80. The number of nitrogens with zero attached hydrogens (tertiary/aromatic N) is 1. The van der Waals surface area contributed by atoms with E-state index in [0.29, 0.717) is 12.8 Å². The Labute approximate surface area is 136 Å². The van der Waals surface area contributed by atoms with E-state index in [2.05, 4.69) is 5.32 Å². The number of nitriles is 1. The first-order chi connectivity index (χ1) is 10.9. The van der Waals surface area contributed by atoms with Crippen molar-refractivity contribution in [3.05, 3.63) is 24.3 Å². The van der Waals surface area contributed by atoms with E-state index in [-0.39, 0.29) is 40.7 Å². The smallest absolute Gasteiger partial charge is 0.224 e. The molecule has 2 N–H and O–H groups in total. The number of carbonyl (C=O) groups is 1. The van der Waals surface area contributed by atoms with Gasteiger partial charge in [-0.25, -0.2) is 8.42 Å². The second-order valence-corrected chi connectivity index (χ2v) is 7.84. The Kier molecular flexibility index (Phi) is 5.61. The lowest BCUT2D eigenvalue weighted by Crippen LogP contribution is -2.39. The van der Waals surface area contributed by atoms with Crippen LogP contribution in [0.25, 0.3) is 0 Å². The van der Waals surface area contributed by atoms with Gasteiger partial charge in [-0.1, -0.05) is 12.8 Å². The zero-order valence-electron chi connectivity index (χ0n) is 12.7. The van der Waals surface area contributed by atoms with Gasteiger partial charge in [-0.05, 0) is 43.0 Å². The molecule has 0 unspecified atom stereocenters. The molecule has 23 heavy (non-hydrogen) atoms. The zero-order valence-corrected chi connectivity index (χ0v) is 13.6. The largest absolute Gasteiger partial charge is 0.508 e. The van der Waals surface area contributed by atoms with Gasteiger partial charge in [0.2, 0.25) is 5.91 Å². The Balaban J connectivity index is 2.13. The van der Waals surface area contributed by atoms with Gasteiger partial charge in [0.1, 0.15) is 12.3 Å². The van der Waals surface area contributed by atoms with Crippen LogP contribution < -0.4 is 5.32 Å². The monoisotopic (exact) mass is 336 g/mol. The molecule has 6 nitrogen and oxygen atoms in total. The van der Waals surface area contributed by atoms with E-state index < -0.39 is 9.84 Å². The fourth-order valence-corrected chi connectivity index (χ4v) is 4.75. The van der Waals surface area contributed by atoms with Crippen molar-refractivity contribution in [1.29, 1.82) is 5.26 Å². The maximum atomic E-state index is 12.5. The SMILES string of the molecule is N#CCNC(=O)[C@H]1CCCC[C@@H]1CS(=O)(=O)c1ccc(O)cc1. The van der Waals surface area contributed by atoms with E-state index in [1.54, 1.807) is 0 Å². The van der Waals surface area contributed by atoms with Gasteiger partial charge in [-0.15, -0.1) is 0 Å². The topological polar surface area (TPSA) is 107 Å². The third-order valence-electron chi connectivity index (χ3n) is 4.22. The number of carbonyl (C=O) groups excluding carboxylic acids is 1. The van der Waals surface area contributed by atoms with Crippen LogP contribution in [0, 0.1) is 23.2 Å². The highest BCUT2D eigenvalue weighted by Gasteiger charge is 2.34. The van der Waals surface area contributed by atoms with Gasteiger partial charge in [-0.2, -0.15) is 5.26 Å². The highest BCUT2D eigenvalue weighted by molar-refractivity contribution is 7.91. The minimum Gasteiger partial charge on any atom is -0.508 e.